The van der Waals surface area contributed by atoms with Crippen LogP contribution in [-0.4, -0.2) is 34.4 Å². The fourth-order valence-corrected chi connectivity index (χ4v) is 3.40. The van der Waals surface area contributed by atoms with Crippen LogP contribution in [0.4, 0.5) is 4.39 Å². The first kappa shape index (κ1) is 18.6. The molecule has 7 heteroatoms. The molecule has 0 aliphatic carbocycles. The molecule has 1 aromatic heterocycles. The molecule has 0 saturated carbocycles. The number of aromatic amines is 1. The van der Waals surface area contributed by atoms with Crippen LogP contribution in [0.1, 0.15) is 36.1 Å². The Balaban J connectivity index is 1.44. The van der Waals surface area contributed by atoms with Crippen molar-refractivity contribution in [1.29, 1.82) is 0 Å². The van der Waals surface area contributed by atoms with Gasteiger partial charge in [0.15, 0.2) is 17.4 Å². The standard InChI is InChI=1S/C21H23FN4O2/c1-13(23-19-12-27-11-17(19)21-24-14(2)25-26-21)15-8-9-20(18(22)10-15)28-16-6-4-3-5-7-16/h3-10,13,17,19,23H,11-12H2,1-2H3,(H,24,25,26)/t13?,17-,19+/m0/s1. The van der Waals surface area contributed by atoms with Crippen LogP contribution in [0.3, 0.4) is 0 Å². The number of benzene rings is 2. The summed E-state index contributed by atoms with van der Waals surface area (Å²) >= 11 is 0. The molecule has 6 nitrogen and oxygen atoms in total. The summed E-state index contributed by atoms with van der Waals surface area (Å²) in [6.45, 7) is 5.02. The highest BCUT2D eigenvalue weighted by Gasteiger charge is 2.33. The molecule has 2 aromatic carbocycles. The van der Waals surface area contributed by atoms with Crippen LogP contribution < -0.4 is 10.1 Å². The molecular weight excluding hydrogens is 359 g/mol. The summed E-state index contributed by atoms with van der Waals surface area (Å²) in [5.41, 5.74) is 0.842. The number of nitrogens with zero attached hydrogens (tertiary/aromatic N) is 2. The molecule has 1 aliphatic heterocycles. The second kappa shape index (κ2) is 8.08. The van der Waals surface area contributed by atoms with Crippen molar-refractivity contribution >= 4 is 0 Å². The van der Waals surface area contributed by atoms with Gasteiger partial charge in [-0.15, -0.1) is 0 Å². The minimum absolute atomic E-state index is 0.0606. The zero-order chi connectivity index (χ0) is 19.5. The van der Waals surface area contributed by atoms with Crippen LogP contribution >= 0.6 is 0 Å². The van der Waals surface area contributed by atoms with Gasteiger partial charge < -0.3 is 14.8 Å². The van der Waals surface area contributed by atoms with Gasteiger partial charge in [0, 0.05) is 12.1 Å². The van der Waals surface area contributed by atoms with E-state index < -0.39 is 0 Å². The molecule has 0 spiro atoms. The number of ether oxygens (including phenoxy) is 2. The number of halogens is 1. The SMILES string of the molecule is Cc1nc([C@H]2COC[C@H]2NC(C)c2ccc(Oc3ccccc3)c(F)c2)n[nH]1. The number of aryl methyl sites for hydroxylation is 1. The van der Waals surface area contributed by atoms with E-state index >= 15 is 0 Å². The zero-order valence-electron chi connectivity index (χ0n) is 15.9. The Hall–Kier alpha value is -2.77. The first-order valence-corrected chi connectivity index (χ1v) is 9.35. The van der Waals surface area contributed by atoms with E-state index in [1.165, 1.54) is 6.07 Å². The molecule has 146 valence electrons. The van der Waals surface area contributed by atoms with Crippen molar-refractivity contribution < 1.29 is 13.9 Å². The molecule has 3 aromatic rings. The molecule has 0 bridgehead atoms. The number of para-hydroxylation sites is 1. The molecule has 1 fully saturated rings. The first-order valence-electron chi connectivity index (χ1n) is 9.35. The summed E-state index contributed by atoms with van der Waals surface area (Å²) in [4.78, 5) is 4.43. The summed E-state index contributed by atoms with van der Waals surface area (Å²) in [6.07, 6.45) is 0. The highest BCUT2D eigenvalue weighted by atomic mass is 19.1. The van der Waals surface area contributed by atoms with Crippen molar-refractivity contribution in [1.82, 2.24) is 20.5 Å². The van der Waals surface area contributed by atoms with Crippen molar-refractivity contribution in [2.45, 2.75) is 31.8 Å². The lowest BCUT2D eigenvalue weighted by atomic mass is 10.00. The van der Waals surface area contributed by atoms with E-state index in [1.54, 1.807) is 18.2 Å². The molecule has 1 unspecified atom stereocenters. The van der Waals surface area contributed by atoms with Crippen LogP contribution in [-0.2, 0) is 4.74 Å². The lowest BCUT2D eigenvalue weighted by molar-refractivity contribution is 0.186. The van der Waals surface area contributed by atoms with E-state index in [0.29, 0.717) is 19.0 Å². The third kappa shape index (κ3) is 4.05. The molecular formula is C21H23FN4O2. The summed E-state index contributed by atoms with van der Waals surface area (Å²) < 4.78 is 25.8. The predicted octanol–water partition coefficient (Wildman–Crippen LogP) is 3.88. The minimum Gasteiger partial charge on any atom is -0.454 e. The summed E-state index contributed by atoms with van der Waals surface area (Å²) in [5.74, 6) is 2.02. The van der Waals surface area contributed by atoms with Gasteiger partial charge in [0.1, 0.15) is 11.6 Å². The van der Waals surface area contributed by atoms with Crippen molar-refractivity contribution in [3.8, 4) is 11.5 Å². The molecule has 1 saturated heterocycles. The summed E-state index contributed by atoms with van der Waals surface area (Å²) in [6, 6.07) is 14.2. The van der Waals surface area contributed by atoms with Crippen molar-refractivity contribution in [2.75, 3.05) is 13.2 Å². The Labute approximate surface area is 163 Å². The number of aromatic nitrogens is 3. The van der Waals surface area contributed by atoms with E-state index in [9.17, 15) is 4.39 Å². The summed E-state index contributed by atoms with van der Waals surface area (Å²) in [7, 11) is 0. The fraction of sp³-hybridized carbons (Fsp3) is 0.333. The average molecular weight is 382 g/mol. The predicted molar refractivity (Wildman–Crippen MR) is 103 cm³/mol. The summed E-state index contributed by atoms with van der Waals surface area (Å²) in [5, 5.41) is 10.7. The fourth-order valence-electron chi connectivity index (χ4n) is 3.40. The van der Waals surface area contributed by atoms with Gasteiger partial charge in [-0.3, -0.25) is 5.10 Å². The van der Waals surface area contributed by atoms with Gasteiger partial charge in [0.05, 0.1) is 19.1 Å². The number of hydrogen-bond acceptors (Lipinski definition) is 5. The molecule has 4 rings (SSSR count). The van der Waals surface area contributed by atoms with Crippen molar-refractivity contribution in [3.63, 3.8) is 0 Å². The Bertz CT molecular complexity index is 931. The van der Waals surface area contributed by atoms with E-state index in [-0.39, 0.29) is 29.6 Å². The third-order valence-electron chi connectivity index (χ3n) is 4.92. The second-order valence-electron chi connectivity index (χ2n) is 7.02. The molecule has 0 radical (unpaired) electrons. The Kier molecular flexibility index (Phi) is 5.36. The minimum atomic E-state index is -0.390. The quantitative estimate of drug-likeness (QED) is 0.677. The van der Waals surface area contributed by atoms with Crippen LogP contribution in [0.15, 0.2) is 48.5 Å². The number of hydrogen-bond donors (Lipinski definition) is 2. The van der Waals surface area contributed by atoms with Gasteiger partial charge in [0.25, 0.3) is 0 Å². The van der Waals surface area contributed by atoms with E-state index in [1.807, 2.05) is 38.1 Å². The number of rotatable bonds is 6. The first-order chi connectivity index (χ1) is 13.6. The maximum atomic E-state index is 14.6. The van der Waals surface area contributed by atoms with E-state index in [0.717, 1.165) is 17.2 Å². The average Bonchev–Trinajstić information content (AvgIpc) is 3.33. The molecule has 1 aliphatic rings. The highest BCUT2D eigenvalue weighted by molar-refractivity contribution is 5.35. The topological polar surface area (TPSA) is 72.1 Å². The van der Waals surface area contributed by atoms with Gasteiger partial charge in [-0.05, 0) is 43.7 Å². The van der Waals surface area contributed by atoms with Gasteiger partial charge in [-0.1, -0.05) is 24.3 Å². The smallest absolute Gasteiger partial charge is 0.166 e. The van der Waals surface area contributed by atoms with E-state index in [4.69, 9.17) is 9.47 Å². The molecule has 28 heavy (non-hydrogen) atoms. The highest BCUT2D eigenvalue weighted by Crippen LogP contribution is 2.29. The lowest BCUT2D eigenvalue weighted by Crippen LogP contribution is -2.36. The van der Waals surface area contributed by atoms with Gasteiger partial charge in [0.2, 0.25) is 0 Å². The van der Waals surface area contributed by atoms with Crippen LogP contribution in [0.5, 0.6) is 11.5 Å². The van der Waals surface area contributed by atoms with Crippen LogP contribution in [0.2, 0.25) is 0 Å². The zero-order valence-corrected chi connectivity index (χ0v) is 15.9. The Morgan fingerprint density at radius 2 is 2.04 bits per heavy atom. The number of nitrogens with one attached hydrogen (secondary N) is 2. The van der Waals surface area contributed by atoms with Gasteiger partial charge >= 0.3 is 0 Å². The van der Waals surface area contributed by atoms with Gasteiger partial charge in [-0.2, -0.15) is 5.10 Å². The van der Waals surface area contributed by atoms with Crippen molar-refractivity contribution in [3.05, 3.63) is 71.6 Å². The number of H-pyrrole nitrogens is 1. The van der Waals surface area contributed by atoms with Crippen LogP contribution in [0, 0.1) is 12.7 Å². The lowest BCUT2D eigenvalue weighted by Gasteiger charge is -2.22. The second-order valence-corrected chi connectivity index (χ2v) is 7.02. The third-order valence-corrected chi connectivity index (χ3v) is 4.92. The van der Waals surface area contributed by atoms with Crippen LogP contribution in [0.25, 0.3) is 0 Å². The monoisotopic (exact) mass is 382 g/mol. The van der Waals surface area contributed by atoms with Gasteiger partial charge in [-0.25, -0.2) is 9.37 Å². The molecule has 2 N–H and O–H groups in total. The van der Waals surface area contributed by atoms with Crippen molar-refractivity contribution in [2.24, 2.45) is 0 Å². The Morgan fingerprint density at radius 1 is 1.21 bits per heavy atom. The molecule has 0 amide bonds. The maximum absolute atomic E-state index is 14.6. The Morgan fingerprint density at radius 3 is 2.75 bits per heavy atom. The largest absolute Gasteiger partial charge is 0.454 e. The molecule has 3 atom stereocenters. The van der Waals surface area contributed by atoms with E-state index in [2.05, 4.69) is 20.5 Å². The molecule has 2 heterocycles. The normalized spacial score (nSPS) is 20.2. The maximum Gasteiger partial charge on any atom is 0.166 e.